The Kier molecular flexibility index (Phi) is 12.0. The predicted octanol–water partition coefficient (Wildman–Crippen LogP) is 2.00. The topological polar surface area (TPSA) is 44.4 Å². The molecular weight excluding hydrogens is 238 g/mol. The van der Waals surface area contributed by atoms with Crippen LogP contribution in [0, 0.1) is 0 Å². The Balaban J connectivity index is 3.52. The highest BCUT2D eigenvalue weighted by molar-refractivity contribution is 5.77. The lowest BCUT2D eigenvalue weighted by molar-refractivity contribution is -0.120. The van der Waals surface area contributed by atoms with Gasteiger partial charge < -0.3 is 15.5 Å². The number of carbonyl (C=O) groups excluding carboxylic acids is 1. The van der Waals surface area contributed by atoms with E-state index in [0.717, 1.165) is 45.4 Å². The van der Waals surface area contributed by atoms with Gasteiger partial charge in [0, 0.05) is 12.6 Å². The molecule has 0 saturated carbocycles. The molecule has 0 spiro atoms. The van der Waals surface area contributed by atoms with E-state index in [1.165, 1.54) is 6.42 Å². The summed E-state index contributed by atoms with van der Waals surface area (Å²) in [5.41, 5.74) is 0. The molecule has 0 aliphatic carbocycles. The number of nitrogens with one attached hydrogen (secondary N) is 2. The van der Waals surface area contributed by atoms with Gasteiger partial charge in [-0.25, -0.2) is 0 Å². The zero-order valence-corrected chi connectivity index (χ0v) is 13.3. The molecular formula is C15H33N3O. The molecule has 0 aliphatic rings. The molecule has 0 fully saturated rings. The van der Waals surface area contributed by atoms with Crippen LogP contribution in [-0.2, 0) is 4.79 Å². The van der Waals surface area contributed by atoms with Gasteiger partial charge in [0.1, 0.15) is 0 Å². The molecule has 4 heteroatoms. The molecule has 1 atom stereocenters. The number of carbonyl (C=O) groups is 1. The summed E-state index contributed by atoms with van der Waals surface area (Å²) in [5.74, 6) is 0.115. The van der Waals surface area contributed by atoms with Crippen LogP contribution in [0.15, 0.2) is 0 Å². The molecule has 1 amide bonds. The van der Waals surface area contributed by atoms with Crippen LogP contribution in [0.3, 0.4) is 0 Å². The lowest BCUT2D eigenvalue weighted by Crippen LogP contribution is -2.38. The third-order valence-corrected chi connectivity index (χ3v) is 3.47. The molecule has 4 nitrogen and oxygen atoms in total. The molecule has 0 rings (SSSR count). The first kappa shape index (κ1) is 18.4. The summed E-state index contributed by atoms with van der Waals surface area (Å²) in [4.78, 5) is 13.9. The van der Waals surface area contributed by atoms with Crippen molar-refractivity contribution in [3.63, 3.8) is 0 Å². The van der Waals surface area contributed by atoms with E-state index in [2.05, 4.69) is 43.2 Å². The van der Waals surface area contributed by atoms with Crippen molar-refractivity contribution in [3.05, 3.63) is 0 Å². The standard InChI is InChI=1S/C15H33N3O/c1-5-8-11-16-15(19)13-17-14(4)10-9-12-18(6-2)7-3/h14,17H,5-13H2,1-4H3,(H,16,19). The summed E-state index contributed by atoms with van der Waals surface area (Å²) in [6.45, 7) is 13.3. The summed E-state index contributed by atoms with van der Waals surface area (Å²) in [6.07, 6.45) is 4.49. The average Bonchev–Trinajstić information content (AvgIpc) is 2.41. The molecule has 2 N–H and O–H groups in total. The minimum Gasteiger partial charge on any atom is -0.355 e. The highest BCUT2D eigenvalue weighted by Crippen LogP contribution is 1.99. The smallest absolute Gasteiger partial charge is 0.233 e. The van der Waals surface area contributed by atoms with Gasteiger partial charge in [-0.3, -0.25) is 4.79 Å². The zero-order valence-electron chi connectivity index (χ0n) is 13.3. The Morgan fingerprint density at radius 2 is 1.84 bits per heavy atom. The van der Waals surface area contributed by atoms with Crippen molar-refractivity contribution in [1.82, 2.24) is 15.5 Å². The second-order valence-corrected chi connectivity index (χ2v) is 5.15. The maximum Gasteiger partial charge on any atom is 0.233 e. The van der Waals surface area contributed by atoms with Crippen molar-refractivity contribution < 1.29 is 4.79 Å². The number of unbranched alkanes of at least 4 members (excludes halogenated alkanes) is 1. The van der Waals surface area contributed by atoms with E-state index in [9.17, 15) is 4.79 Å². The van der Waals surface area contributed by atoms with E-state index in [-0.39, 0.29) is 5.91 Å². The van der Waals surface area contributed by atoms with Crippen LogP contribution in [-0.4, -0.2) is 49.6 Å². The highest BCUT2D eigenvalue weighted by Gasteiger charge is 2.06. The van der Waals surface area contributed by atoms with E-state index >= 15 is 0 Å². The highest BCUT2D eigenvalue weighted by atomic mass is 16.1. The van der Waals surface area contributed by atoms with Gasteiger partial charge in [-0.1, -0.05) is 27.2 Å². The molecule has 0 aromatic heterocycles. The third-order valence-electron chi connectivity index (χ3n) is 3.47. The first-order valence-corrected chi connectivity index (χ1v) is 7.86. The normalized spacial score (nSPS) is 12.7. The van der Waals surface area contributed by atoms with Crippen LogP contribution in [0.2, 0.25) is 0 Å². The Labute approximate surface area is 119 Å². The van der Waals surface area contributed by atoms with Crippen molar-refractivity contribution >= 4 is 5.91 Å². The molecule has 114 valence electrons. The molecule has 0 radical (unpaired) electrons. The summed E-state index contributed by atoms with van der Waals surface area (Å²) < 4.78 is 0. The molecule has 0 aromatic rings. The predicted molar refractivity (Wildman–Crippen MR) is 82.4 cm³/mol. The van der Waals surface area contributed by atoms with Crippen LogP contribution in [0.1, 0.15) is 53.4 Å². The summed E-state index contributed by atoms with van der Waals surface area (Å²) in [7, 11) is 0. The van der Waals surface area contributed by atoms with E-state index in [1.807, 2.05) is 0 Å². The van der Waals surface area contributed by atoms with E-state index < -0.39 is 0 Å². The van der Waals surface area contributed by atoms with Crippen LogP contribution in [0.4, 0.5) is 0 Å². The SMILES string of the molecule is CCCCNC(=O)CNC(C)CCCN(CC)CC. The molecule has 19 heavy (non-hydrogen) atoms. The van der Waals surface area contributed by atoms with Crippen LogP contribution in [0.5, 0.6) is 0 Å². The molecule has 0 bridgehead atoms. The van der Waals surface area contributed by atoms with Gasteiger partial charge in [-0.05, 0) is 45.8 Å². The van der Waals surface area contributed by atoms with Crippen LogP contribution in [0.25, 0.3) is 0 Å². The maximum atomic E-state index is 11.5. The second kappa shape index (κ2) is 12.4. The molecule has 0 saturated heterocycles. The summed E-state index contributed by atoms with van der Waals surface area (Å²) >= 11 is 0. The zero-order chi connectivity index (χ0) is 14.5. The minimum absolute atomic E-state index is 0.115. The van der Waals surface area contributed by atoms with Gasteiger partial charge >= 0.3 is 0 Å². The monoisotopic (exact) mass is 271 g/mol. The fourth-order valence-corrected chi connectivity index (χ4v) is 2.00. The molecule has 0 aliphatic heterocycles. The van der Waals surface area contributed by atoms with Crippen molar-refractivity contribution in [2.24, 2.45) is 0 Å². The first-order chi connectivity index (χ1) is 9.13. The molecule has 0 heterocycles. The fourth-order valence-electron chi connectivity index (χ4n) is 2.00. The first-order valence-electron chi connectivity index (χ1n) is 7.86. The Morgan fingerprint density at radius 1 is 1.16 bits per heavy atom. The number of nitrogens with zero attached hydrogens (tertiary/aromatic N) is 1. The van der Waals surface area contributed by atoms with Crippen molar-refractivity contribution in [1.29, 1.82) is 0 Å². The van der Waals surface area contributed by atoms with E-state index in [1.54, 1.807) is 0 Å². The summed E-state index contributed by atoms with van der Waals surface area (Å²) in [5, 5.41) is 6.21. The van der Waals surface area contributed by atoms with Crippen LogP contribution < -0.4 is 10.6 Å². The van der Waals surface area contributed by atoms with Gasteiger partial charge in [0.2, 0.25) is 5.91 Å². The Hall–Kier alpha value is -0.610. The number of hydrogen-bond donors (Lipinski definition) is 2. The largest absolute Gasteiger partial charge is 0.355 e. The van der Waals surface area contributed by atoms with Crippen molar-refractivity contribution in [2.45, 2.75) is 59.4 Å². The Morgan fingerprint density at radius 3 is 2.42 bits per heavy atom. The van der Waals surface area contributed by atoms with Crippen molar-refractivity contribution in [2.75, 3.05) is 32.7 Å². The van der Waals surface area contributed by atoms with Gasteiger partial charge in [-0.15, -0.1) is 0 Å². The number of rotatable bonds is 12. The Bertz CT molecular complexity index is 217. The fraction of sp³-hybridized carbons (Fsp3) is 0.933. The average molecular weight is 271 g/mol. The lowest BCUT2D eigenvalue weighted by atomic mass is 10.1. The van der Waals surface area contributed by atoms with Gasteiger partial charge in [0.05, 0.1) is 6.54 Å². The number of hydrogen-bond acceptors (Lipinski definition) is 3. The van der Waals surface area contributed by atoms with Gasteiger partial charge in [0.15, 0.2) is 0 Å². The maximum absolute atomic E-state index is 11.5. The number of amides is 1. The lowest BCUT2D eigenvalue weighted by Gasteiger charge is -2.19. The molecule has 0 aromatic carbocycles. The molecule has 1 unspecified atom stereocenters. The quantitative estimate of drug-likeness (QED) is 0.534. The van der Waals surface area contributed by atoms with Gasteiger partial charge in [-0.2, -0.15) is 0 Å². The minimum atomic E-state index is 0.115. The second-order valence-electron chi connectivity index (χ2n) is 5.15. The third kappa shape index (κ3) is 11.0. The van der Waals surface area contributed by atoms with Crippen molar-refractivity contribution in [3.8, 4) is 0 Å². The van der Waals surface area contributed by atoms with Crippen LogP contribution >= 0.6 is 0 Å². The van der Waals surface area contributed by atoms with Gasteiger partial charge in [0.25, 0.3) is 0 Å². The summed E-state index contributed by atoms with van der Waals surface area (Å²) in [6, 6.07) is 0.410. The van der Waals surface area contributed by atoms with E-state index in [0.29, 0.717) is 12.6 Å². The van der Waals surface area contributed by atoms with E-state index in [4.69, 9.17) is 0 Å².